The third-order valence-electron chi connectivity index (χ3n) is 4.48. The summed E-state index contributed by atoms with van der Waals surface area (Å²) < 4.78 is 0. The first kappa shape index (κ1) is 16.7. The summed E-state index contributed by atoms with van der Waals surface area (Å²) in [7, 11) is 0. The molecule has 4 rings (SSSR count). The van der Waals surface area contributed by atoms with Gasteiger partial charge in [0.05, 0.1) is 5.69 Å². The molecule has 0 bridgehead atoms. The Balaban J connectivity index is 1.47. The number of rotatable bonds is 4. The van der Waals surface area contributed by atoms with Crippen LogP contribution in [0.25, 0.3) is 10.6 Å². The van der Waals surface area contributed by atoms with Crippen molar-refractivity contribution < 1.29 is 0 Å². The molecule has 2 aromatic heterocycles. The van der Waals surface area contributed by atoms with Crippen LogP contribution in [0.15, 0.2) is 41.8 Å². The van der Waals surface area contributed by atoms with Gasteiger partial charge in [-0.2, -0.15) is 0 Å². The third kappa shape index (κ3) is 3.61. The van der Waals surface area contributed by atoms with Crippen LogP contribution in [-0.4, -0.2) is 32.7 Å². The number of thioether (sulfide) groups is 1. The predicted molar refractivity (Wildman–Crippen MR) is 104 cm³/mol. The van der Waals surface area contributed by atoms with Crippen molar-refractivity contribution in [2.24, 2.45) is 0 Å². The predicted octanol–water partition coefficient (Wildman–Crippen LogP) is 4.19. The zero-order chi connectivity index (χ0) is 17.2. The molecule has 0 radical (unpaired) electrons. The van der Waals surface area contributed by atoms with E-state index in [9.17, 15) is 0 Å². The highest BCUT2D eigenvalue weighted by atomic mass is 32.2. The Labute approximate surface area is 156 Å². The lowest BCUT2D eigenvalue weighted by Crippen LogP contribution is -2.30. The zero-order valence-corrected chi connectivity index (χ0v) is 16.0. The molecule has 6 heteroatoms. The summed E-state index contributed by atoms with van der Waals surface area (Å²) in [4.78, 5) is 17.5. The molecule has 0 aliphatic carbocycles. The van der Waals surface area contributed by atoms with Gasteiger partial charge in [0.1, 0.15) is 5.01 Å². The van der Waals surface area contributed by atoms with E-state index in [0.29, 0.717) is 0 Å². The average Bonchev–Trinajstić information content (AvgIpc) is 3.10. The molecule has 0 saturated heterocycles. The van der Waals surface area contributed by atoms with Gasteiger partial charge in [-0.15, -0.1) is 11.3 Å². The standard InChI is InChI=1S/C19H20N4S2/c1-13-5-3-4-6-16(13)18-20-10-15(25-18)12-23-8-7-17-14(11-23)9-21-19(22-17)24-2/h3-6,9-10H,7-8,11-12H2,1-2H3. The molecule has 0 unspecified atom stereocenters. The maximum Gasteiger partial charge on any atom is 0.187 e. The van der Waals surface area contributed by atoms with Crippen molar-refractivity contribution in [3.05, 3.63) is 58.4 Å². The van der Waals surface area contributed by atoms with E-state index in [1.54, 1.807) is 23.1 Å². The van der Waals surface area contributed by atoms with Crippen molar-refractivity contribution in [1.29, 1.82) is 0 Å². The molecular formula is C19H20N4S2. The molecule has 0 spiro atoms. The van der Waals surface area contributed by atoms with Crippen molar-refractivity contribution in [2.75, 3.05) is 12.8 Å². The Hall–Kier alpha value is -1.76. The molecule has 0 N–H and O–H groups in total. The Bertz CT molecular complexity index is 891. The van der Waals surface area contributed by atoms with E-state index in [1.165, 1.54) is 27.3 Å². The van der Waals surface area contributed by atoms with E-state index < -0.39 is 0 Å². The molecule has 4 nitrogen and oxygen atoms in total. The second-order valence-electron chi connectivity index (χ2n) is 6.24. The summed E-state index contributed by atoms with van der Waals surface area (Å²) in [5, 5.41) is 1.98. The second-order valence-corrected chi connectivity index (χ2v) is 8.12. The van der Waals surface area contributed by atoms with Crippen LogP contribution in [0.2, 0.25) is 0 Å². The van der Waals surface area contributed by atoms with E-state index in [-0.39, 0.29) is 0 Å². The normalized spacial score (nSPS) is 14.5. The average molecular weight is 369 g/mol. The maximum absolute atomic E-state index is 4.64. The number of aryl methyl sites for hydroxylation is 1. The van der Waals surface area contributed by atoms with Gasteiger partial charge in [-0.25, -0.2) is 15.0 Å². The van der Waals surface area contributed by atoms with Crippen molar-refractivity contribution >= 4 is 23.1 Å². The Kier molecular flexibility index (Phi) is 4.83. The topological polar surface area (TPSA) is 41.9 Å². The molecule has 1 aliphatic rings. The Morgan fingerprint density at radius 3 is 2.92 bits per heavy atom. The van der Waals surface area contributed by atoms with E-state index in [4.69, 9.17) is 0 Å². The molecule has 1 aromatic carbocycles. The van der Waals surface area contributed by atoms with Gasteiger partial charge < -0.3 is 0 Å². The first-order valence-electron chi connectivity index (χ1n) is 8.35. The first-order valence-corrected chi connectivity index (χ1v) is 10.4. The van der Waals surface area contributed by atoms with Crippen LogP contribution in [0, 0.1) is 6.92 Å². The number of benzene rings is 1. The van der Waals surface area contributed by atoms with E-state index in [0.717, 1.165) is 36.2 Å². The summed E-state index contributed by atoms with van der Waals surface area (Å²) in [6, 6.07) is 8.44. The number of thiazole rings is 1. The van der Waals surface area contributed by atoms with Crippen LogP contribution in [0.4, 0.5) is 0 Å². The molecule has 0 atom stereocenters. The lowest BCUT2D eigenvalue weighted by Gasteiger charge is -2.27. The van der Waals surface area contributed by atoms with Gasteiger partial charge in [0.15, 0.2) is 5.16 Å². The molecule has 3 aromatic rings. The lowest BCUT2D eigenvalue weighted by molar-refractivity contribution is 0.244. The summed E-state index contributed by atoms with van der Waals surface area (Å²) in [5.41, 5.74) is 4.98. The van der Waals surface area contributed by atoms with Gasteiger partial charge in [-0.3, -0.25) is 4.90 Å². The monoisotopic (exact) mass is 368 g/mol. The minimum absolute atomic E-state index is 0.873. The fourth-order valence-corrected chi connectivity index (χ4v) is 4.53. The summed E-state index contributed by atoms with van der Waals surface area (Å²) in [5.74, 6) is 0. The number of aromatic nitrogens is 3. The molecule has 1 aliphatic heterocycles. The van der Waals surface area contributed by atoms with Crippen LogP contribution in [0.1, 0.15) is 21.7 Å². The quantitative estimate of drug-likeness (QED) is 0.510. The minimum atomic E-state index is 0.873. The SMILES string of the molecule is CSc1ncc2c(n1)CCN(Cc1cnc(-c3ccccc3C)s1)C2. The number of hydrogen-bond donors (Lipinski definition) is 0. The number of hydrogen-bond acceptors (Lipinski definition) is 6. The van der Waals surface area contributed by atoms with E-state index in [2.05, 4.69) is 51.0 Å². The highest BCUT2D eigenvalue weighted by molar-refractivity contribution is 7.98. The Morgan fingerprint density at radius 2 is 2.08 bits per heavy atom. The number of fused-ring (bicyclic) bond motifs is 1. The van der Waals surface area contributed by atoms with Crippen LogP contribution in [-0.2, 0) is 19.5 Å². The van der Waals surface area contributed by atoms with Gasteiger partial charge in [-0.05, 0) is 18.7 Å². The van der Waals surface area contributed by atoms with Crippen molar-refractivity contribution in [1.82, 2.24) is 19.9 Å². The molecule has 3 heterocycles. The van der Waals surface area contributed by atoms with E-state index in [1.807, 2.05) is 18.6 Å². The lowest BCUT2D eigenvalue weighted by atomic mass is 10.1. The van der Waals surface area contributed by atoms with Crippen molar-refractivity contribution in [3.63, 3.8) is 0 Å². The largest absolute Gasteiger partial charge is 0.293 e. The van der Waals surface area contributed by atoms with Crippen LogP contribution in [0.3, 0.4) is 0 Å². The molecule has 128 valence electrons. The molecule has 0 amide bonds. The van der Waals surface area contributed by atoms with E-state index >= 15 is 0 Å². The molecular weight excluding hydrogens is 348 g/mol. The first-order chi connectivity index (χ1) is 12.2. The van der Waals surface area contributed by atoms with Gasteiger partial charge in [0.25, 0.3) is 0 Å². The highest BCUT2D eigenvalue weighted by Gasteiger charge is 2.19. The summed E-state index contributed by atoms with van der Waals surface area (Å²) in [6.45, 7) is 5.03. The number of nitrogens with zero attached hydrogens (tertiary/aromatic N) is 4. The van der Waals surface area contributed by atoms with Crippen molar-refractivity contribution in [3.8, 4) is 10.6 Å². The summed E-state index contributed by atoms with van der Waals surface area (Å²) in [6.07, 6.45) is 7.03. The van der Waals surface area contributed by atoms with Gasteiger partial charge >= 0.3 is 0 Å². The maximum atomic E-state index is 4.64. The van der Waals surface area contributed by atoms with Crippen LogP contribution >= 0.6 is 23.1 Å². The highest BCUT2D eigenvalue weighted by Crippen LogP contribution is 2.29. The fraction of sp³-hybridized carbons (Fsp3) is 0.316. The molecule has 25 heavy (non-hydrogen) atoms. The van der Waals surface area contributed by atoms with Gasteiger partial charge in [0, 0.05) is 54.5 Å². The minimum Gasteiger partial charge on any atom is -0.293 e. The van der Waals surface area contributed by atoms with Crippen LogP contribution in [0.5, 0.6) is 0 Å². The smallest absolute Gasteiger partial charge is 0.187 e. The fourth-order valence-electron chi connectivity index (χ4n) is 3.13. The summed E-state index contributed by atoms with van der Waals surface area (Å²) >= 11 is 3.40. The Morgan fingerprint density at radius 1 is 1.20 bits per heavy atom. The van der Waals surface area contributed by atoms with Gasteiger partial charge in [-0.1, -0.05) is 36.0 Å². The van der Waals surface area contributed by atoms with Gasteiger partial charge in [0.2, 0.25) is 0 Å². The van der Waals surface area contributed by atoms with Crippen LogP contribution < -0.4 is 0 Å². The second kappa shape index (κ2) is 7.23. The van der Waals surface area contributed by atoms with Crippen molar-refractivity contribution in [2.45, 2.75) is 31.6 Å². The molecule has 0 fully saturated rings. The third-order valence-corrected chi connectivity index (χ3v) is 6.06. The molecule has 0 saturated carbocycles. The zero-order valence-electron chi connectivity index (χ0n) is 14.4.